The van der Waals surface area contributed by atoms with Crippen LogP contribution in [0.15, 0.2) is 18.2 Å². The average Bonchev–Trinajstić information content (AvgIpc) is 2.40. The lowest BCUT2D eigenvalue weighted by atomic mass is 9.98. The van der Waals surface area contributed by atoms with E-state index in [1.54, 1.807) is 0 Å². The van der Waals surface area contributed by atoms with Crippen molar-refractivity contribution in [1.29, 1.82) is 0 Å². The van der Waals surface area contributed by atoms with Crippen molar-refractivity contribution in [2.24, 2.45) is 0 Å². The summed E-state index contributed by atoms with van der Waals surface area (Å²) in [6, 6.07) is 2.63. The van der Waals surface area contributed by atoms with Gasteiger partial charge in [-0.25, -0.2) is 8.78 Å². The summed E-state index contributed by atoms with van der Waals surface area (Å²) in [4.78, 5) is 12.9. The maximum Gasteiger partial charge on any atom is 0.305 e. The van der Waals surface area contributed by atoms with Crippen LogP contribution in [0.1, 0.15) is 37.3 Å². The Morgan fingerprint density at radius 3 is 2.58 bits per heavy atom. The third kappa shape index (κ3) is 3.50. The van der Waals surface area contributed by atoms with Crippen LogP contribution in [0, 0.1) is 11.6 Å². The van der Waals surface area contributed by atoms with Crippen LogP contribution >= 0.6 is 0 Å². The minimum absolute atomic E-state index is 0.143. The first-order valence-electron chi connectivity index (χ1n) is 6.48. The highest BCUT2D eigenvalue weighted by molar-refractivity contribution is 5.68. The number of hydrogen-bond donors (Lipinski definition) is 1. The third-order valence-corrected chi connectivity index (χ3v) is 3.52. The molecule has 19 heavy (non-hydrogen) atoms. The van der Waals surface area contributed by atoms with Gasteiger partial charge in [0.1, 0.15) is 11.6 Å². The van der Waals surface area contributed by atoms with Crippen LogP contribution in [0.2, 0.25) is 0 Å². The molecule has 1 heterocycles. The van der Waals surface area contributed by atoms with Crippen LogP contribution in [0.4, 0.5) is 8.78 Å². The third-order valence-electron chi connectivity index (χ3n) is 3.52. The smallest absolute Gasteiger partial charge is 0.305 e. The molecule has 1 N–H and O–H groups in total. The molecule has 0 spiro atoms. The maximum absolute atomic E-state index is 13.8. The van der Waals surface area contributed by atoms with Crippen molar-refractivity contribution >= 4 is 5.97 Å². The second-order valence-corrected chi connectivity index (χ2v) is 4.88. The molecule has 0 saturated carbocycles. The fourth-order valence-corrected chi connectivity index (χ4v) is 2.60. The molecule has 1 aliphatic rings. The van der Waals surface area contributed by atoms with Crippen molar-refractivity contribution in [2.75, 3.05) is 13.1 Å². The highest BCUT2D eigenvalue weighted by atomic mass is 19.1. The van der Waals surface area contributed by atoms with Crippen molar-refractivity contribution in [3.05, 3.63) is 35.4 Å². The van der Waals surface area contributed by atoms with Gasteiger partial charge in [-0.2, -0.15) is 0 Å². The van der Waals surface area contributed by atoms with E-state index >= 15 is 0 Å². The van der Waals surface area contributed by atoms with Gasteiger partial charge in [-0.1, -0.05) is 6.42 Å². The number of hydrogen-bond acceptors (Lipinski definition) is 2. The number of likely N-dealkylation sites (tertiary alicyclic amines) is 1. The number of carboxylic acid groups (broad SMARTS) is 1. The largest absolute Gasteiger partial charge is 0.481 e. The van der Waals surface area contributed by atoms with Gasteiger partial charge >= 0.3 is 5.97 Å². The summed E-state index contributed by atoms with van der Waals surface area (Å²) in [6.45, 7) is 1.46. The lowest BCUT2D eigenvalue weighted by Crippen LogP contribution is -2.35. The summed E-state index contributed by atoms with van der Waals surface area (Å²) in [7, 11) is 0. The average molecular weight is 269 g/mol. The molecule has 1 saturated heterocycles. The Kier molecular flexibility index (Phi) is 4.47. The minimum atomic E-state index is -1.00. The van der Waals surface area contributed by atoms with Crippen LogP contribution in [0.25, 0.3) is 0 Å². The van der Waals surface area contributed by atoms with E-state index in [-0.39, 0.29) is 12.0 Å². The summed E-state index contributed by atoms with van der Waals surface area (Å²) in [5.74, 6) is -2.08. The van der Waals surface area contributed by atoms with E-state index in [1.807, 2.05) is 4.90 Å². The van der Waals surface area contributed by atoms with E-state index in [9.17, 15) is 13.6 Å². The SMILES string of the molecule is O=C(O)CC(c1cc(F)ccc1F)N1CCCCC1. The summed E-state index contributed by atoms with van der Waals surface area (Å²) < 4.78 is 27.1. The normalized spacial score (nSPS) is 18.2. The van der Waals surface area contributed by atoms with Gasteiger partial charge in [0.15, 0.2) is 0 Å². The predicted octanol–water partition coefficient (Wildman–Crippen LogP) is 2.97. The molecule has 5 heteroatoms. The molecule has 1 fully saturated rings. The second-order valence-electron chi connectivity index (χ2n) is 4.88. The molecule has 1 aliphatic heterocycles. The fraction of sp³-hybridized carbons (Fsp3) is 0.500. The molecule has 0 aromatic heterocycles. The van der Waals surface area contributed by atoms with Crippen LogP contribution in [0.5, 0.6) is 0 Å². The lowest BCUT2D eigenvalue weighted by molar-refractivity contribution is -0.138. The van der Waals surface area contributed by atoms with Crippen LogP contribution in [-0.2, 0) is 4.79 Å². The number of rotatable bonds is 4. The van der Waals surface area contributed by atoms with Crippen molar-refractivity contribution < 1.29 is 18.7 Å². The lowest BCUT2D eigenvalue weighted by Gasteiger charge is -2.34. The number of piperidine rings is 1. The molecule has 0 aliphatic carbocycles. The van der Waals surface area contributed by atoms with Crippen molar-refractivity contribution in [3.63, 3.8) is 0 Å². The highest BCUT2D eigenvalue weighted by Gasteiger charge is 2.27. The summed E-state index contributed by atoms with van der Waals surface area (Å²) >= 11 is 0. The maximum atomic E-state index is 13.8. The minimum Gasteiger partial charge on any atom is -0.481 e. The first-order chi connectivity index (χ1) is 9.08. The Hall–Kier alpha value is -1.49. The van der Waals surface area contributed by atoms with Crippen molar-refractivity contribution in [3.8, 4) is 0 Å². The van der Waals surface area contributed by atoms with Gasteiger partial charge in [-0.3, -0.25) is 9.69 Å². The van der Waals surface area contributed by atoms with Crippen LogP contribution in [0.3, 0.4) is 0 Å². The van der Waals surface area contributed by atoms with E-state index in [2.05, 4.69) is 0 Å². The van der Waals surface area contributed by atoms with Gasteiger partial charge in [0, 0.05) is 11.6 Å². The number of benzene rings is 1. The molecule has 2 rings (SSSR count). The zero-order valence-corrected chi connectivity index (χ0v) is 10.6. The van der Waals surface area contributed by atoms with Gasteiger partial charge in [0.05, 0.1) is 6.42 Å². The molecule has 104 valence electrons. The number of nitrogens with zero attached hydrogens (tertiary/aromatic N) is 1. The van der Waals surface area contributed by atoms with Crippen molar-refractivity contribution in [2.45, 2.75) is 31.7 Å². The molecule has 3 nitrogen and oxygen atoms in total. The molecular weight excluding hydrogens is 252 g/mol. The topological polar surface area (TPSA) is 40.5 Å². The van der Waals surface area contributed by atoms with Crippen molar-refractivity contribution in [1.82, 2.24) is 4.90 Å². The Balaban J connectivity index is 2.29. The quantitative estimate of drug-likeness (QED) is 0.913. The van der Waals surface area contributed by atoms with Crippen LogP contribution < -0.4 is 0 Å². The van der Waals surface area contributed by atoms with Gasteiger partial charge in [0.2, 0.25) is 0 Å². The first kappa shape index (κ1) is 13.9. The van der Waals surface area contributed by atoms with E-state index in [0.717, 1.165) is 50.6 Å². The van der Waals surface area contributed by atoms with E-state index < -0.39 is 23.6 Å². The number of halogens is 2. The van der Waals surface area contributed by atoms with E-state index in [1.165, 1.54) is 0 Å². The Labute approximate surface area is 110 Å². The molecule has 1 unspecified atom stereocenters. The Morgan fingerprint density at radius 1 is 1.26 bits per heavy atom. The fourth-order valence-electron chi connectivity index (χ4n) is 2.60. The number of carbonyl (C=O) groups is 1. The Bertz CT molecular complexity index is 459. The predicted molar refractivity (Wildman–Crippen MR) is 66.8 cm³/mol. The second kappa shape index (κ2) is 6.10. The summed E-state index contributed by atoms with van der Waals surface area (Å²) in [6.07, 6.45) is 2.82. The van der Waals surface area contributed by atoms with Gasteiger partial charge < -0.3 is 5.11 Å². The van der Waals surface area contributed by atoms with Gasteiger partial charge in [-0.05, 0) is 44.1 Å². The molecule has 0 amide bonds. The molecule has 1 aromatic rings. The summed E-state index contributed by atoms with van der Waals surface area (Å²) in [5, 5.41) is 8.99. The molecular formula is C14H17F2NO2. The zero-order valence-electron chi connectivity index (χ0n) is 10.6. The highest BCUT2D eigenvalue weighted by Crippen LogP contribution is 2.29. The molecule has 1 atom stereocenters. The standard InChI is InChI=1S/C14H17F2NO2/c15-10-4-5-12(16)11(8-10)13(9-14(18)19)17-6-2-1-3-7-17/h4-5,8,13H,1-3,6-7,9H2,(H,18,19). The van der Waals surface area contributed by atoms with Gasteiger partial charge in [-0.15, -0.1) is 0 Å². The molecule has 1 aromatic carbocycles. The molecule has 0 bridgehead atoms. The van der Waals surface area contributed by atoms with E-state index in [4.69, 9.17) is 5.11 Å². The summed E-state index contributed by atoms with van der Waals surface area (Å²) in [5.41, 5.74) is 0.143. The Morgan fingerprint density at radius 2 is 1.95 bits per heavy atom. The van der Waals surface area contributed by atoms with Gasteiger partial charge in [0.25, 0.3) is 0 Å². The number of carboxylic acids is 1. The van der Waals surface area contributed by atoms with E-state index in [0.29, 0.717) is 0 Å². The zero-order chi connectivity index (χ0) is 13.8. The molecule has 0 radical (unpaired) electrons. The van der Waals surface area contributed by atoms with Crippen LogP contribution in [-0.4, -0.2) is 29.1 Å². The monoisotopic (exact) mass is 269 g/mol. The first-order valence-corrected chi connectivity index (χ1v) is 6.48. The number of aliphatic carboxylic acids is 1.